The van der Waals surface area contributed by atoms with E-state index in [9.17, 15) is 9.59 Å². The number of nitrogens with one attached hydrogen (secondary N) is 1. The van der Waals surface area contributed by atoms with Crippen molar-refractivity contribution in [1.29, 1.82) is 0 Å². The third kappa shape index (κ3) is 2.90. The standard InChI is InChI=1S/C21H16N2O2/c24-20-13-19(21(25)23(20)14-15-7-2-1-3-8-15)22-18-12-6-10-16-9-4-5-11-17(16)18/h1-13,22H,14H2. The normalized spacial score (nSPS) is 14.1. The fourth-order valence-corrected chi connectivity index (χ4v) is 2.99. The van der Waals surface area contributed by atoms with Gasteiger partial charge in [-0.15, -0.1) is 0 Å². The molecule has 122 valence electrons. The fraction of sp³-hybridized carbons (Fsp3) is 0.0476. The Balaban J connectivity index is 1.58. The Hall–Kier alpha value is -3.40. The van der Waals surface area contributed by atoms with Crippen LogP contribution in [0.25, 0.3) is 10.8 Å². The van der Waals surface area contributed by atoms with E-state index in [2.05, 4.69) is 5.32 Å². The summed E-state index contributed by atoms with van der Waals surface area (Å²) in [5.41, 5.74) is 2.04. The summed E-state index contributed by atoms with van der Waals surface area (Å²) in [4.78, 5) is 26.1. The van der Waals surface area contributed by atoms with Crippen LogP contribution in [-0.4, -0.2) is 16.7 Å². The molecular formula is C21H16N2O2. The number of fused-ring (bicyclic) bond motifs is 1. The SMILES string of the molecule is O=C1C=C(Nc2cccc3ccccc23)C(=O)N1Cc1ccccc1. The highest BCUT2D eigenvalue weighted by Crippen LogP contribution is 2.26. The van der Waals surface area contributed by atoms with Gasteiger partial charge < -0.3 is 5.32 Å². The fourth-order valence-electron chi connectivity index (χ4n) is 2.99. The van der Waals surface area contributed by atoms with Crippen molar-refractivity contribution >= 4 is 28.3 Å². The molecule has 4 nitrogen and oxygen atoms in total. The Morgan fingerprint density at radius 1 is 0.800 bits per heavy atom. The Labute approximate surface area is 145 Å². The van der Waals surface area contributed by atoms with Crippen molar-refractivity contribution in [2.24, 2.45) is 0 Å². The number of benzene rings is 3. The van der Waals surface area contributed by atoms with E-state index >= 15 is 0 Å². The van der Waals surface area contributed by atoms with Gasteiger partial charge in [0.05, 0.1) is 6.54 Å². The van der Waals surface area contributed by atoms with Crippen molar-refractivity contribution < 1.29 is 9.59 Å². The Kier molecular flexibility index (Phi) is 3.78. The van der Waals surface area contributed by atoms with Crippen LogP contribution in [0.4, 0.5) is 5.69 Å². The topological polar surface area (TPSA) is 49.4 Å². The molecule has 0 bridgehead atoms. The Morgan fingerprint density at radius 2 is 1.52 bits per heavy atom. The molecule has 3 aromatic rings. The zero-order valence-corrected chi connectivity index (χ0v) is 13.5. The first kappa shape index (κ1) is 15.1. The minimum atomic E-state index is -0.304. The molecule has 1 N–H and O–H groups in total. The van der Waals surface area contributed by atoms with E-state index in [1.54, 1.807) is 0 Å². The number of carbonyl (C=O) groups excluding carboxylic acids is 2. The molecule has 0 fully saturated rings. The van der Waals surface area contributed by atoms with Gasteiger partial charge in [0.25, 0.3) is 11.8 Å². The van der Waals surface area contributed by atoms with Crippen molar-refractivity contribution in [2.75, 3.05) is 5.32 Å². The molecule has 0 aliphatic carbocycles. The van der Waals surface area contributed by atoms with Crippen molar-refractivity contribution in [3.05, 3.63) is 90.1 Å². The van der Waals surface area contributed by atoms with Crippen LogP contribution in [0.2, 0.25) is 0 Å². The van der Waals surface area contributed by atoms with Gasteiger partial charge in [0.2, 0.25) is 0 Å². The summed E-state index contributed by atoms with van der Waals surface area (Å²) < 4.78 is 0. The number of imide groups is 1. The summed E-state index contributed by atoms with van der Waals surface area (Å²) in [6, 6.07) is 23.2. The summed E-state index contributed by atoms with van der Waals surface area (Å²) in [5.74, 6) is -0.599. The number of hydrogen-bond donors (Lipinski definition) is 1. The van der Waals surface area contributed by atoms with Gasteiger partial charge in [-0.25, -0.2) is 0 Å². The molecular weight excluding hydrogens is 312 g/mol. The highest BCUT2D eigenvalue weighted by molar-refractivity contribution is 6.18. The zero-order valence-electron chi connectivity index (χ0n) is 13.5. The van der Waals surface area contributed by atoms with Crippen molar-refractivity contribution in [1.82, 2.24) is 4.90 Å². The maximum atomic E-state index is 12.6. The molecule has 0 atom stereocenters. The van der Waals surface area contributed by atoms with Crippen LogP contribution in [0, 0.1) is 0 Å². The third-order valence-electron chi connectivity index (χ3n) is 4.25. The van der Waals surface area contributed by atoms with Crippen LogP contribution in [0.15, 0.2) is 84.6 Å². The first-order valence-corrected chi connectivity index (χ1v) is 8.08. The lowest BCUT2D eigenvalue weighted by atomic mass is 10.1. The predicted octanol–water partition coefficient (Wildman–Crippen LogP) is 3.70. The van der Waals surface area contributed by atoms with Gasteiger partial charge in [0.15, 0.2) is 0 Å². The smallest absolute Gasteiger partial charge is 0.277 e. The van der Waals surface area contributed by atoms with Gasteiger partial charge in [-0.05, 0) is 17.0 Å². The summed E-state index contributed by atoms with van der Waals surface area (Å²) in [6.45, 7) is 0.274. The summed E-state index contributed by atoms with van der Waals surface area (Å²) in [7, 11) is 0. The number of nitrogens with zero attached hydrogens (tertiary/aromatic N) is 1. The first-order valence-electron chi connectivity index (χ1n) is 8.08. The summed E-state index contributed by atoms with van der Waals surface area (Å²) in [6.07, 6.45) is 1.37. The molecule has 0 spiro atoms. The second kappa shape index (κ2) is 6.24. The average Bonchev–Trinajstić information content (AvgIpc) is 2.90. The molecule has 25 heavy (non-hydrogen) atoms. The molecule has 4 rings (SSSR count). The molecule has 0 unspecified atom stereocenters. The van der Waals surface area contributed by atoms with Crippen LogP contribution >= 0.6 is 0 Å². The molecule has 3 aromatic carbocycles. The second-order valence-electron chi connectivity index (χ2n) is 5.92. The minimum Gasteiger partial charge on any atom is -0.350 e. The van der Waals surface area contributed by atoms with Crippen molar-refractivity contribution in [3.63, 3.8) is 0 Å². The number of rotatable bonds is 4. The maximum Gasteiger partial charge on any atom is 0.277 e. The summed E-state index contributed by atoms with van der Waals surface area (Å²) >= 11 is 0. The minimum absolute atomic E-state index is 0.274. The van der Waals surface area contributed by atoms with Crippen LogP contribution in [0.1, 0.15) is 5.56 Å². The lowest BCUT2D eigenvalue weighted by Gasteiger charge is -2.15. The van der Waals surface area contributed by atoms with E-state index in [1.165, 1.54) is 11.0 Å². The number of amides is 2. The van der Waals surface area contributed by atoms with E-state index in [-0.39, 0.29) is 18.4 Å². The van der Waals surface area contributed by atoms with Crippen molar-refractivity contribution in [3.8, 4) is 0 Å². The predicted molar refractivity (Wildman–Crippen MR) is 97.7 cm³/mol. The van der Waals surface area contributed by atoms with Gasteiger partial charge in [-0.3, -0.25) is 14.5 Å². The monoisotopic (exact) mass is 328 g/mol. The summed E-state index contributed by atoms with van der Waals surface area (Å²) in [5, 5.41) is 5.21. The van der Waals surface area contributed by atoms with Gasteiger partial charge in [0.1, 0.15) is 5.70 Å². The van der Waals surface area contributed by atoms with E-state index in [4.69, 9.17) is 0 Å². The van der Waals surface area contributed by atoms with E-state index in [0.717, 1.165) is 22.0 Å². The number of carbonyl (C=O) groups is 2. The van der Waals surface area contributed by atoms with Crippen LogP contribution in [-0.2, 0) is 16.1 Å². The largest absolute Gasteiger partial charge is 0.350 e. The highest BCUT2D eigenvalue weighted by atomic mass is 16.2. The van der Waals surface area contributed by atoms with E-state index in [1.807, 2.05) is 72.8 Å². The molecule has 0 saturated heterocycles. The Morgan fingerprint density at radius 3 is 2.36 bits per heavy atom. The number of anilines is 1. The molecule has 1 aliphatic rings. The van der Waals surface area contributed by atoms with Gasteiger partial charge in [-0.1, -0.05) is 66.7 Å². The van der Waals surface area contributed by atoms with Crippen molar-refractivity contribution in [2.45, 2.75) is 6.54 Å². The number of hydrogen-bond acceptors (Lipinski definition) is 3. The average molecular weight is 328 g/mol. The Bertz CT molecular complexity index is 988. The van der Waals surface area contributed by atoms with Gasteiger partial charge in [0, 0.05) is 17.1 Å². The van der Waals surface area contributed by atoms with Gasteiger partial charge >= 0.3 is 0 Å². The van der Waals surface area contributed by atoms with Crippen LogP contribution < -0.4 is 5.32 Å². The molecule has 1 aliphatic heterocycles. The molecule has 1 heterocycles. The maximum absolute atomic E-state index is 12.6. The molecule has 0 saturated carbocycles. The van der Waals surface area contributed by atoms with Crippen LogP contribution in [0.3, 0.4) is 0 Å². The van der Waals surface area contributed by atoms with E-state index < -0.39 is 0 Å². The van der Waals surface area contributed by atoms with E-state index in [0.29, 0.717) is 5.70 Å². The lowest BCUT2D eigenvalue weighted by Crippen LogP contribution is -2.31. The molecule has 0 radical (unpaired) electrons. The molecule has 2 amide bonds. The highest BCUT2D eigenvalue weighted by Gasteiger charge is 2.31. The second-order valence-corrected chi connectivity index (χ2v) is 5.92. The quantitative estimate of drug-likeness (QED) is 0.743. The van der Waals surface area contributed by atoms with Gasteiger partial charge in [-0.2, -0.15) is 0 Å². The van der Waals surface area contributed by atoms with Crippen LogP contribution in [0.5, 0.6) is 0 Å². The molecule has 0 aromatic heterocycles. The molecule has 4 heteroatoms. The lowest BCUT2D eigenvalue weighted by molar-refractivity contribution is -0.137. The zero-order chi connectivity index (χ0) is 17.2. The third-order valence-corrected chi connectivity index (χ3v) is 4.25. The first-order chi connectivity index (χ1) is 12.2.